The number of esters is 1. The minimum Gasteiger partial charge on any atom is -0.495 e. The van der Waals surface area contributed by atoms with Crippen LogP contribution in [0, 0.1) is 25.2 Å². The predicted molar refractivity (Wildman–Crippen MR) is 113 cm³/mol. The summed E-state index contributed by atoms with van der Waals surface area (Å²) >= 11 is 6.01. The average molecular weight is 431 g/mol. The van der Waals surface area contributed by atoms with Gasteiger partial charge in [0.05, 0.1) is 18.7 Å². The molecule has 0 bridgehead atoms. The Hall–Kier alpha value is -3.08. The summed E-state index contributed by atoms with van der Waals surface area (Å²) < 4.78 is 17.2. The van der Waals surface area contributed by atoms with Crippen LogP contribution in [-0.2, 0) is 20.8 Å². The van der Waals surface area contributed by atoms with Crippen molar-refractivity contribution >= 4 is 29.4 Å². The summed E-state index contributed by atoms with van der Waals surface area (Å²) in [7, 11) is 3.09. The molecule has 0 spiro atoms. The lowest BCUT2D eigenvalue weighted by Gasteiger charge is -2.08. The van der Waals surface area contributed by atoms with Gasteiger partial charge in [0.2, 0.25) is 0 Å². The lowest BCUT2D eigenvalue weighted by atomic mass is 10.1. The van der Waals surface area contributed by atoms with Crippen molar-refractivity contribution in [2.45, 2.75) is 20.4 Å². The van der Waals surface area contributed by atoms with E-state index in [0.29, 0.717) is 18.9 Å². The number of ketones is 1. The smallest absolute Gasteiger partial charge is 0.349 e. The number of ether oxygens (including phenoxy) is 3. The summed E-state index contributed by atoms with van der Waals surface area (Å²) in [5.74, 6) is -0.877. The number of aryl methyl sites for hydroxylation is 1. The van der Waals surface area contributed by atoms with Crippen molar-refractivity contribution in [2.24, 2.45) is 0 Å². The number of aromatic nitrogens is 1. The van der Waals surface area contributed by atoms with Gasteiger partial charge in [0, 0.05) is 30.6 Å². The standard InChI is InChI=1S/C22H23ClN2O5/c1-14-9-17(15(2)25(14)7-8-28-3)10-18(12-24)22(27)30-13-20(26)16-5-6-21(29-4)19(23)11-16/h5-6,9-11H,7-8,13H2,1-4H3/b18-10-. The van der Waals surface area contributed by atoms with Gasteiger partial charge in [-0.05, 0) is 49.8 Å². The van der Waals surface area contributed by atoms with E-state index in [1.807, 2.05) is 30.6 Å². The molecule has 0 N–H and O–H groups in total. The topological polar surface area (TPSA) is 90.5 Å². The quantitative estimate of drug-likeness (QED) is 0.260. The molecule has 0 saturated carbocycles. The highest BCUT2D eigenvalue weighted by Crippen LogP contribution is 2.25. The molecule has 0 unspecified atom stereocenters. The zero-order valence-electron chi connectivity index (χ0n) is 17.3. The Balaban J connectivity index is 2.11. The summed E-state index contributed by atoms with van der Waals surface area (Å²) in [6, 6.07) is 8.23. The number of halogens is 1. The Morgan fingerprint density at radius 3 is 2.57 bits per heavy atom. The third kappa shape index (κ3) is 5.50. The van der Waals surface area contributed by atoms with Crippen LogP contribution in [0.3, 0.4) is 0 Å². The third-order valence-corrected chi connectivity index (χ3v) is 4.88. The van der Waals surface area contributed by atoms with E-state index >= 15 is 0 Å². The maximum Gasteiger partial charge on any atom is 0.349 e. The Bertz CT molecular complexity index is 1020. The molecule has 30 heavy (non-hydrogen) atoms. The van der Waals surface area contributed by atoms with Crippen molar-refractivity contribution in [3.8, 4) is 11.8 Å². The van der Waals surface area contributed by atoms with Gasteiger partial charge < -0.3 is 18.8 Å². The maximum absolute atomic E-state index is 12.3. The largest absolute Gasteiger partial charge is 0.495 e. The highest BCUT2D eigenvalue weighted by Gasteiger charge is 2.17. The Labute approximate surface area is 180 Å². The molecule has 0 radical (unpaired) electrons. The first-order valence-electron chi connectivity index (χ1n) is 9.13. The fourth-order valence-corrected chi connectivity index (χ4v) is 3.18. The number of methoxy groups -OCH3 is 2. The minimum atomic E-state index is -0.868. The highest BCUT2D eigenvalue weighted by molar-refractivity contribution is 6.32. The lowest BCUT2D eigenvalue weighted by molar-refractivity contribution is -0.137. The van der Waals surface area contributed by atoms with E-state index in [0.717, 1.165) is 17.0 Å². The molecule has 7 nitrogen and oxygen atoms in total. The van der Waals surface area contributed by atoms with Gasteiger partial charge in [-0.2, -0.15) is 5.26 Å². The van der Waals surface area contributed by atoms with Crippen LogP contribution in [0.15, 0.2) is 29.8 Å². The van der Waals surface area contributed by atoms with Gasteiger partial charge in [-0.25, -0.2) is 4.79 Å². The molecule has 0 amide bonds. The zero-order chi connectivity index (χ0) is 22.3. The van der Waals surface area contributed by atoms with E-state index in [4.69, 9.17) is 25.8 Å². The number of hydrogen-bond acceptors (Lipinski definition) is 6. The van der Waals surface area contributed by atoms with Gasteiger partial charge in [-0.1, -0.05) is 11.6 Å². The molecule has 1 aromatic heterocycles. The molecular weight excluding hydrogens is 408 g/mol. The molecule has 2 aromatic rings. The summed E-state index contributed by atoms with van der Waals surface area (Å²) in [6.45, 7) is 4.53. The summed E-state index contributed by atoms with van der Waals surface area (Å²) in [4.78, 5) is 24.6. The normalized spacial score (nSPS) is 11.1. The molecule has 1 heterocycles. The zero-order valence-corrected chi connectivity index (χ0v) is 18.1. The monoisotopic (exact) mass is 430 g/mol. The van der Waals surface area contributed by atoms with Gasteiger partial charge in [-0.3, -0.25) is 4.79 Å². The number of carbonyl (C=O) groups excluding carboxylic acids is 2. The number of nitrogens with zero attached hydrogens (tertiary/aromatic N) is 2. The number of carbonyl (C=O) groups is 2. The van der Waals surface area contributed by atoms with E-state index in [-0.39, 0.29) is 16.2 Å². The SMILES string of the molecule is COCCn1c(C)cc(/C=C(/C#N)C(=O)OCC(=O)c2ccc(OC)c(Cl)c2)c1C. The van der Waals surface area contributed by atoms with Crippen molar-refractivity contribution < 1.29 is 23.8 Å². The van der Waals surface area contributed by atoms with Crippen molar-refractivity contribution in [2.75, 3.05) is 27.4 Å². The summed E-state index contributed by atoms with van der Waals surface area (Å²) in [6.07, 6.45) is 1.46. The first-order chi connectivity index (χ1) is 14.3. The Kier molecular flexibility index (Phi) is 8.22. The first-order valence-corrected chi connectivity index (χ1v) is 9.51. The van der Waals surface area contributed by atoms with Gasteiger partial charge >= 0.3 is 5.97 Å². The van der Waals surface area contributed by atoms with E-state index in [9.17, 15) is 14.9 Å². The van der Waals surface area contributed by atoms with Crippen LogP contribution in [0.25, 0.3) is 6.08 Å². The van der Waals surface area contributed by atoms with Crippen LogP contribution < -0.4 is 4.74 Å². The van der Waals surface area contributed by atoms with Gasteiger partial charge in [0.1, 0.15) is 17.4 Å². The minimum absolute atomic E-state index is 0.192. The van der Waals surface area contributed by atoms with Crippen LogP contribution in [0.4, 0.5) is 0 Å². The average Bonchev–Trinajstić information content (AvgIpc) is 3.00. The molecule has 0 saturated heterocycles. The molecule has 0 aliphatic rings. The van der Waals surface area contributed by atoms with Gasteiger partial charge in [0.25, 0.3) is 0 Å². The van der Waals surface area contributed by atoms with Crippen LogP contribution in [0.2, 0.25) is 5.02 Å². The van der Waals surface area contributed by atoms with E-state index in [2.05, 4.69) is 0 Å². The molecular formula is C22H23ClN2O5. The molecule has 0 atom stereocenters. The number of benzene rings is 1. The molecule has 0 fully saturated rings. The summed E-state index contributed by atoms with van der Waals surface area (Å²) in [5.41, 5.74) is 2.69. The molecule has 158 valence electrons. The summed E-state index contributed by atoms with van der Waals surface area (Å²) in [5, 5.41) is 9.65. The second-order valence-corrected chi connectivity index (χ2v) is 6.90. The van der Waals surface area contributed by atoms with Crippen molar-refractivity contribution in [3.05, 3.63) is 57.4 Å². The van der Waals surface area contributed by atoms with E-state index < -0.39 is 18.4 Å². The first kappa shape index (κ1) is 23.2. The fourth-order valence-electron chi connectivity index (χ4n) is 2.92. The van der Waals surface area contributed by atoms with E-state index in [1.54, 1.807) is 13.2 Å². The second-order valence-electron chi connectivity index (χ2n) is 6.49. The van der Waals surface area contributed by atoms with Crippen LogP contribution in [0.1, 0.15) is 27.3 Å². The maximum atomic E-state index is 12.3. The molecule has 2 rings (SSSR count). The van der Waals surface area contributed by atoms with Gasteiger partial charge in [0.15, 0.2) is 12.4 Å². The van der Waals surface area contributed by atoms with Gasteiger partial charge in [-0.15, -0.1) is 0 Å². The van der Waals surface area contributed by atoms with Crippen molar-refractivity contribution in [1.82, 2.24) is 4.57 Å². The molecule has 0 aliphatic carbocycles. The number of hydrogen-bond donors (Lipinski definition) is 0. The second kappa shape index (κ2) is 10.6. The van der Waals surface area contributed by atoms with Crippen molar-refractivity contribution in [3.63, 3.8) is 0 Å². The Morgan fingerprint density at radius 2 is 1.97 bits per heavy atom. The lowest BCUT2D eigenvalue weighted by Crippen LogP contribution is -2.15. The molecule has 8 heteroatoms. The van der Waals surface area contributed by atoms with E-state index in [1.165, 1.54) is 25.3 Å². The van der Waals surface area contributed by atoms with Crippen LogP contribution >= 0.6 is 11.6 Å². The van der Waals surface area contributed by atoms with Crippen LogP contribution in [-0.4, -0.2) is 43.8 Å². The fraction of sp³-hybridized carbons (Fsp3) is 0.318. The van der Waals surface area contributed by atoms with Crippen molar-refractivity contribution in [1.29, 1.82) is 5.26 Å². The molecule has 1 aromatic carbocycles. The number of Topliss-reactive ketones (excluding diaryl/α,β-unsaturated/α-hetero) is 1. The third-order valence-electron chi connectivity index (χ3n) is 4.58. The molecule has 0 aliphatic heterocycles. The number of rotatable bonds is 9. The highest BCUT2D eigenvalue weighted by atomic mass is 35.5. The Morgan fingerprint density at radius 1 is 1.23 bits per heavy atom. The predicted octanol–water partition coefficient (Wildman–Crippen LogP) is 3.75. The number of nitriles is 1. The van der Waals surface area contributed by atoms with Crippen LogP contribution in [0.5, 0.6) is 5.75 Å².